The van der Waals surface area contributed by atoms with Crippen LogP contribution in [0.2, 0.25) is 0 Å². The lowest BCUT2D eigenvalue weighted by Crippen LogP contribution is -2.12. The van der Waals surface area contributed by atoms with Crippen molar-refractivity contribution in [2.45, 2.75) is 32.1 Å². The molecule has 0 aromatic carbocycles. The Morgan fingerprint density at radius 3 is 3.00 bits per heavy atom. The third-order valence-corrected chi connectivity index (χ3v) is 3.29. The molecule has 0 atom stereocenters. The van der Waals surface area contributed by atoms with E-state index in [-0.39, 0.29) is 0 Å². The molecule has 0 saturated heterocycles. The molecule has 1 aliphatic carbocycles. The fraction of sp³-hybridized carbons (Fsp3) is 0.643. The largest absolute Gasteiger partial charge is 0.383 e. The highest BCUT2D eigenvalue weighted by atomic mass is 16.5. The molecule has 2 N–H and O–H groups in total. The van der Waals surface area contributed by atoms with Crippen molar-refractivity contribution < 1.29 is 4.74 Å². The normalized spacial score (nSPS) is 14.8. The van der Waals surface area contributed by atoms with Crippen LogP contribution in [0.5, 0.6) is 0 Å². The van der Waals surface area contributed by atoms with E-state index in [0.29, 0.717) is 19.1 Å². The maximum Gasteiger partial charge on any atom is 0.244 e. The van der Waals surface area contributed by atoms with Crippen molar-refractivity contribution in [3.05, 3.63) is 17.8 Å². The van der Waals surface area contributed by atoms with Gasteiger partial charge in [0, 0.05) is 20.2 Å². The average molecular weight is 277 g/mol. The summed E-state index contributed by atoms with van der Waals surface area (Å²) in [4.78, 5) is 4.36. The molecule has 0 aliphatic heterocycles. The lowest BCUT2D eigenvalue weighted by Gasteiger charge is -2.13. The first-order valence-corrected chi connectivity index (χ1v) is 7.23. The summed E-state index contributed by atoms with van der Waals surface area (Å²) in [5, 5.41) is 14.3. The van der Waals surface area contributed by atoms with Gasteiger partial charge in [0.1, 0.15) is 0 Å². The second-order valence-electron chi connectivity index (χ2n) is 4.87. The number of methoxy groups -OCH3 is 1. The molecular formula is C14H23N5O. The lowest BCUT2D eigenvalue weighted by atomic mass is 9.97. The minimum absolute atomic E-state index is 0.573. The van der Waals surface area contributed by atoms with Gasteiger partial charge >= 0.3 is 0 Å². The van der Waals surface area contributed by atoms with Crippen LogP contribution in [0.25, 0.3) is 0 Å². The quantitative estimate of drug-likeness (QED) is 0.561. The molecule has 0 spiro atoms. The summed E-state index contributed by atoms with van der Waals surface area (Å²) in [6.07, 6.45) is 10.2. The van der Waals surface area contributed by atoms with Gasteiger partial charge < -0.3 is 15.4 Å². The second kappa shape index (κ2) is 8.47. The van der Waals surface area contributed by atoms with E-state index in [2.05, 4.69) is 31.9 Å². The zero-order valence-electron chi connectivity index (χ0n) is 12.1. The molecule has 20 heavy (non-hydrogen) atoms. The molecule has 0 radical (unpaired) electrons. The van der Waals surface area contributed by atoms with Crippen molar-refractivity contribution in [3.8, 4) is 0 Å². The molecule has 1 aromatic rings. The monoisotopic (exact) mass is 277 g/mol. The molecule has 0 amide bonds. The van der Waals surface area contributed by atoms with Crippen molar-refractivity contribution in [3.63, 3.8) is 0 Å². The highest BCUT2D eigenvalue weighted by Crippen LogP contribution is 2.19. The van der Waals surface area contributed by atoms with Crippen LogP contribution in [0.15, 0.2) is 17.8 Å². The molecule has 1 aromatic heterocycles. The first kappa shape index (κ1) is 14.7. The summed E-state index contributed by atoms with van der Waals surface area (Å²) in [5.41, 5.74) is 1.55. The van der Waals surface area contributed by atoms with Crippen LogP contribution in [0, 0.1) is 0 Å². The van der Waals surface area contributed by atoms with Gasteiger partial charge in [-0.1, -0.05) is 11.6 Å². The molecule has 6 nitrogen and oxygen atoms in total. The van der Waals surface area contributed by atoms with Gasteiger partial charge in [-0.25, -0.2) is 0 Å². The van der Waals surface area contributed by atoms with E-state index in [1.807, 2.05) is 0 Å². The first-order chi connectivity index (χ1) is 9.88. The van der Waals surface area contributed by atoms with Gasteiger partial charge in [-0.3, -0.25) is 0 Å². The van der Waals surface area contributed by atoms with E-state index >= 15 is 0 Å². The summed E-state index contributed by atoms with van der Waals surface area (Å²) in [5.74, 6) is 1.29. The minimum Gasteiger partial charge on any atom is -0.383 e. The lowest BCUT2D eigenvalue weighted by molar-refractivity contribution is 0.210. The predicted molar refractivity (Wildman–Crippen MR) is 79.9 cm³/mol. The van der Waals surface area contributed by atoms with Crippen LogP contribution in [-0.2, 0) is 4.74 Å². The van der Waals surface area contributed by atoms with Gasteiger partial charge in [0.15, 0.2) is 5.82 Å². The summed E-state index contributed by atoms with van der Waals surface area (Å²) >= 11 is 0. The number of ether oxygens (including phenoxy) is 1. The second-order valence-corrected chi connectivity index (χ2v) is 4.87. The molecule has 0 unspecified atom stereocenters. The highest BCUT2D eigenvalue weighted by molar-refractivity contribution is 5.36. The van der Waals surface area contributed by atoms with Gasteiger partial charge in [0.25, 0.3) is 0 Å². The van der Waals surface area contributed by atoms with Crippen LogP contribution in [0.1, 0.15) is 32.1 Å². The smallest absolute Gasteiger partial charge is 0.244 e. The number of rotatable bonds is 8. The van der Waals surface area contributed by atoms with E-state index in [0.717, 1.165) is 18.8 Å². The average Bonchev–Trinajstić information content (AvgIpc) is 2.49. The van der Waals surface area contributed by atoms with Gasteiger partial charge in [0.05, 0.1) is 12.8 Å². The van der Waals surface area contributed by atoms with Crippen LogP contribution >= 0.6 is 0 Å². The van der Waals surface area contributed by atoms with E-state index < -0.39 is 0 Å². The van der Waals surface area contributed by atoms with E-state index in [4.69, 9.17) is 4.74 Å². The number of anilines is 2. The molecule has 6 heteroatoms. The summed E-state index contributed by atoms with van der Waals surface area (Å²) in [7, 11) is 1.67. The maximum absolute atomic E-state index is 4.98. The molecule has 0 bridgehead atoms. The van der Waals surface area contributed by atoms with E-state index in [9.17, 15) is 0 Å². The van der Waals surface area contributed by atoms with E-state index in [1.54, 1.807) is 18.9 Å². The topological polar surface area (TPSA) is 72.0 Å². The molecule has 0 saturated carbocycles. The SMILES string of the molecule is COCCNc1cnnc(NCCC2=CCCCC2)n1. The number of allylic oxidation sites excluding steroid dienone is 1. The number of hydrogen-bond donors (Lipinski definition) is 2. The van der Waals surface area contributed by atoms with E-state index in [1.165, 1.54) is 25.7 Å². The van der Waals surface area contributed by atoms with Crippen LogP contribution in [-0.4, -0.2) is 42.0 Å². The Bertz CT molecular complexity index is 435. The Balaban J connectivity index is 1.74. The van der Waals surface area contributed by atoms with Crippen molar-refractivity contribution >= 4 is 11.8 Å². The van der Waals surface area contributed by atoms with Crippen LogP contribution < -0.4 is 10.6 Å². The fourth-order valence-electron chi connectivity index (χ4n) is 2.21. The number of nitrogens with one attached hydrogen (secondary N) is 2. The highest BCUT2D eigenvalue weighted by Gasteiger charge is 2.04. The van der Waals surface area contributed by atoms with Crippen molar-refractivity contribution in [2.75, 3.05) is 37.4 Å². The standard InChI is InChI=1S/C14H23N5O/c1-20-10-9-15-13-11-17-19-14(18-13)16-8-7-12-5-3-2-4-6-12/h5,11H,2-4,6-10H2,1H3,(H2,15,16,18,19). The van der Waals surface area contributed by atoms with Crippen molar-refractivity contribution in [2.24, 2.45) is 0 Å². The van der Waals surface area contributed by atoms with Crippen molar-refractivity contribution in [1.29, 1.82) is 0 Å². The Kier molecular flexibility index (Phi) is 6.23. The van der Waals surface area contributed by atoms with Gasteiger partial charge in [-0.2, -0.15) is 10.1 Å². The van der Waals surface area contributed by atoms with Gasteiger partial charge in [-0.15, -0.1) is 5.10 Å². The Hall–Kier alpha value is -1.69. The zero-order valence-corrected chi connectivity index (χ0v) is 12.1. The Labute approximate surface area is 120 Å². The fourth-order valence-corrected chi connectivity index (χ4v) is 2.21. The third-order valence-electron chi connectivity index (χ3n) is 3.29. The van der Waals surface area contributed by atoms with Crippen LogP contribution in [0.3, 0.4) is 0 Å². The third kappa shape index (κ3) is 5.13. The summed E-state index contributed by atoms with van der Waals surface area (Å²) in [6, 6.07) is 0. The predicted octanol–water partition coefficient (Wildman–Crippen LogP) is 2.23. The summed E-state index contributed by atoms with van der Waals surface area (Å²) in [6.45, 7) is 2.21. The number of aromatic nitrogens is 3. The molecule has 110 valence electrons. The first-order valence-electron chi connectivity index (χ1n) is 7.23. The Morgan fingerprint density at radius 1 is 1.25 bits per heavy atom. The molecule has 1 aliphatic rings. The number of hydrogen-bond acceptors (Lipinski definition) is 6. The van der Waals surface area contributed by atoms with Crippen LogP contribution in [0.4, 0.5) is 11.8 Å². The maximum atomic E-state index is 4.98. The van der Waals surface area contributed by atoms with Gasteiger partial charge in [0.2, 0.25) is 5.95 Å². The molecule has 1 heterocycles. The Morgan fingerprint density at radius 2 is 2.20 bits per heavy atom. The van der Waals surface area contributed by atoms with Gasteiger partial charge in [-0.05, 0) is 32.1 Å². The minimum atomic E-state index is 0.573. The molecule has 2 rings (SSSR count). The molecule has 0 fully saturated rings. The summed E-state index contributed by atoms with van der Waals surface area (Å²) < 4.78 is 4.98. The van der Waals surface area contributed by atoms with Crippen molar-refractivity contribution in [1.82, 2.24) is 15.2 Å². The zero-order chi connectivity index (χ0) is 14.0. The number of nitrogens with zero attached hydrogens (tertiary/aromatic N) is 3. The molecular weight excluding hydrogens is 254 g/mol.